The summed E-state index contributed by atoms with van der Waals surface area (Å²) in [6, 6.07) is 6.01. The molecule has 3 atom stereocenters. The topological polar surface area (TPSA) is 32.7 Å². The maximum absolute atomic E-state index is 11.0. The van der Waals surface area contributed by atoms with Gasteiger partial charge in [-0.05, 0) is 43.1 Å². The number of hydrogen-bond donors (Lipinski definition) is 1. The van der Waals surface area contributed by atoms with E-state index in [0.717, 1.165) is 48.3 Å². The Hall–Kier alpha value is -0.580. The van der Waals surface area contributed by atoms with Gasteiger partial charge in [0.2, 0.25) is 0 Å². The molecule has 2 bridgehead atoms. The number of hydrogen-bond acceptors (Lipinski definition) is 3. The first-order valence-corrected chi connectivity index (χ1v) is 7.67. The number of piperidine rings is 1. The number of ether oxygens (including phenoxy) is 1. The average molecular weight is 326 g/mol. The predicted molar refractivity (Wildman–Crippen MR) is 78.5 cm³/mol. The molecular weight excluding hydrogens is 306 g/mol. The van der Waals surface area contributed by atoms with Crippen LogP contribution in [0.3, 0.4) is 0 Å². The van der Waals surface area contributed by atoms with Gasteiger partial charge in [-0.3, -0.25) is 0 Å². The number of rotatable bonds is 3. The van der Waals surface area contributed by atoms with E-state index < -0.39 is 5.60 Å². The zero-order valence-corrected chi connectivity index (χ0v) is 12.8. The van der Waals surface area contributed by atoms with Gasteiger partial charge in [0.05, 0.1) is 12.7 Å². The van der Waals surface area contributed by atoms with E-state index in [2.05, 4.69) is 26.9 Å². The van der Waals surface area contributed by atoms with E-state index >= 15 is 0 Å². The Balaban J connectivity index is 1.85. The lowest BCUT2D eigenvalue weighted by atomic mass is 9.78. The molecule has 0 radical (unpaired) electrons. The first-order chi connectivity index (χ1) is 9.10. The molecule has 104 valence electrons. The molecule has 19 heavy (non-hydrogen) atoms. The van der Waals surface area contributed by atoms with Gasteiger partial charge < -0.3 is 14.7 Å². The molecule has 1 aromatic carbocycles. The summed E-state index contributed by atoms with van der Waals surface area (Å²) in [4.78, 5) is 2.46. The van der Waals surface area contributed by atoms with Crippen LogP contribution in [0, 0.1) is 5.92 Å². The second kappa shape index (κ2) is 5.08. The van der Waals surface area contributed by atoms with E-state index in [1.807, 2.05) is 12.1 Å². The zero-order chi connectivity index (χ0) is 13.5. The van der Waals surface area contributed by atoms with Crippen molar-refractivity contribution in [3.63, 3.8) is 0 Å². The Morgan fingerprint density at radius 3 is 3.11 bits per heavy atom. The summed E-state index contributed by atoms with van der Waals surface area (Å²) in [6.07, 6.45) is 2.67. The molecule has 0 aliphatic carbocycles. The smallest absolute Gasteiger partial charge is 0.122 e. The monoisotopic (exact) mass is 325 g/mol. The molecule has 3 nitrogen and oxygen atoms in total. The molecule has 3 unspecified atom stereocenters. The summed E-state index contributed by atoms with van der Waals surface area (Å²) in [7, 11) is 1.69. The third-order valence-electron chi connectivity index (χ3n) is 4.63. The molecule has 0 spiro atoms. The molecule has 2 aliphatic heterocycles. The number of fused-ring (bicyclic) bond motifs is 2. The van der Waals surface area contributed by atoms with Crippen LogP contribution >= 0.6 is 15.9 Å². The minimum Gasteiger partial charge on any atom is -0.496 e. The highest BCUT2D eigenvalue weighted by atomic mass is 79.9. The Morgan fingerprint density at radius 1 is 1.47 bits per heavy atom. The second-order valence-corrected chi connectivity index (χ2v) is 6.69. The van der Waals surface area contributed by atoms with Crippen LogP contribution in [0.25, 0.3) is 0 Å². The Kier molecular flexibility index (Phi) is 3.58. The van der Waals surface area contributed by atoms with Gasteiger partial charge in [-0.25, -0.2) is 0 Å². The van der Waals surface area contributed by atoms with Gasteiger partial charge in [-0.2, -0.15) is 0 Å². The first-order valence-electron chi connectivity index (χ1n) is 6.88. The van der Waals surface area contributed by atoms with Gasteiger partial charge >= 0.3 is 0 Å². The lowest BCUT2D eigenvalue weighted by Crippen LogP contribution is -2.47. The van der Waals surface area contributed by atoms with E-state index in [1.165, 1.54) is 0 Å². The van der Waals surface area contributed by atoms with E-state index in [-0.39, 0.29) is 0 Å². The number of halogens is 1. The predicted octanol–water partition coefficient (Wildman–Crippen LogP) is 2.46. The molecule has 0 aromatic heterocycles. The fourth-order valence-electron chi connectivity index (χ4n) is 3.48. The van der Waals surface area contributed by atoms with Crippen molar-refractivity contribution >= 4 is 15.9 Å². The number of nitrogens with zero attached hydrogens (tertiary/aromatic N) is 1. The summed E-state index contributed by atoms with van der Waals surface area (Å²) >= 11 is 3.50. The summed E-state index contributed by atoms with van der Waals surface area (Å²) < 4.78 is 6.46. The molecule has 1 aromatic rings. The standard InChI is InChI=1S/C15H20BrNO2/c1-19-14-3-2-13(16)8-11(14)9-15(18)5-7-17-6-4-12(15)10-17/h2-3,8,12,18H,4-7,9-10H2,1H3. The fraction of sp³-hybridized carbons (Fsp3) is 0.600. The third kappa shape index (κ3) is 2.54. The highest BCUT2D eigenvalue weighted by Crippen LogP contribution is 2.39. The molecule has 0 amide bonds. The normalized spacial score (nSPS) is 33.4. The van der Waals surface area contributed by atoms with Crippen LogP contribution in [0.4, 0.5) is 0 Å². The van der Waals surface area contributed by atoms with Crippen LogP contribution in [0.2, 0.25) is 0 Å². The van der Waals surface area contributed by atoms with Crippen LogP contribution in [-0.2, 0) is 6.42 Å². The Morgan fingerprint density at radius 2 is 2.32 bits per heavy atom. The molecular formula is C15H20BrNO2. The van der Waals surface area contributed by atoms with Crippen LogP contribution in [0.5, 0.6) is 5.75 Å². The van der Waals surface area contributed by atoms with E-state index in [9.17, 15) is 5.11 Å². The van der Waals surface area contributed by atoms with Crippen LogP contribution in [0.15, 0.2) is 22.7 Å². The largest absolute Gasteiger partial charge is 0.496 e. The summed E-state index contributed by atoms with van der Waals surface area (Å²) in [6.45, 7) is 3.21. The van der Waals surface area contributed by atoms with Crippen molar-refractivity contribution in [3.8, 4) is 5.75 Å². The highest BCUT2D eigenvalue weighted by Gasteiger charge is 2.45. The van der Waals surface area contributed by atoms with Crippen molar-refractivity contribution in [2.75, 3.05) is 26.7 Å². The van der Waals surface area contributed by atoms with Crippen molar-refractivity contribution in [2.45, 2.75) is 24.9 Å². The molecule has 4 heteroatoms. The molecule has 2 heterocycles. The molecule has 2 saturated heterocycles. The molecule has 2 fully saturated rings. The van der Waals surface area contributed by atoms with E-state index in [0.29, 0.717) is 12.3 Å². The van der Waals surface area contributed by atoms with Crippen molar-refractivity contribution in [1.82, 2.24) is 4.90 Å². The summed E-state index contributed by atoms with van der Waals surface area (Å²) in [5, 5.41) is 11.0. The minimum atomic E-state index is -0.568. The maximum atomic E-state index is 11.0. The number of methoxy groups -OCH3 is 1. The Labute approximate surface area is 122 Å². The van der Waals surface area contributed by atoms with Crippen molar-refractivity contribution in [1.29, 1.82) is 0 Å². The third-order valence-corrected chi connectivity index (χ3v) is 5.13. The van der Waals surface area contributed by atoms with Gasteiger partial charge in [-0.1, -0.05) is 15.9 Å². The molecule has 0 saturated carbocycles. The molecule has 1 N–H and O–H groups in total. The van der Waals surface area contributed by atoms with Crippen molar-refractivity contribution in [2.24, 2.45) is 5.92 Å². The first kappa shape index (κ1) is 13.4. The Bertz CT molecular complexity index is 479. The van der Waals surface area contributed by atoms with Gasteiger partial charge in [0, 0.05) is 29.9 Å². The SMILES string of the molecule is COc1ccc(Br)cc1CC1(O)CCN2CCC1C2. The van der Waals surface area contributed by atoms with Gasteiger partial charge in [0.15, 0.2) is 0 Å². The second-order valence-electron chi connectivity index (χ2n) is 5.77. The molecule has 2 aliphatic rings. The lowest BCUT2D eigenvalue weighted by molar-refractivity contribution is -0.0442. The fourth-order valence-corrected chi connectivity index (χ4v) is 3.89. The van der Waals surface area contributed by atoms with Crippen molar-refractivity contribution in [3.05, 3.63) is 28.2 Å². The lowest BCUT2D eigenvalue weighted by Gasteiger charge is -2.39. The van der Waals surface area contributed by atoms with E-state index in [4.69, 9.17) is 4.74 Å². The number of aliphatic hydroxyl groups is 1. The quantitative estimate of drug-likeness (QED) is 0.926. The average Bonchev–Trinajstić information content (AvgIpc) is 2.81. The van der Waals surface area contributed by atoms with Gasteiger partial charge in [0.1, 0.15) is 5.75 Å². The van der Waals surface area contributed by atoms with Gasteiger partial charge in [0.25, 0.3) is 0 Å². The van der Waals surface area contributed by atoms with E-state index in [1.54, 1.807) is 7.11 Å². The molecule has 3 rings (SSSR count). The van der Waals surface area contributed by atoms with Gasteiger partial charge in [-0.15, -0.1) is 0 Å². The van der Waals surface area contributed by atoms with Crippen LogP contribution in [0.1, 0.15) is 18.4 Å². The van der Waals surface area contributed by atoms with Crippen molar-refractivity contribution < 1.29 is 9.84 Å². The number of benzene rings is 1. The zero-order valence-electron chi connectivity index (χ0n) is 11.2. The highest BCUT2D eigenvalue weighted by molar-refractivity contribution is 9.10. The summed E-state index contributed by atoms with van der Waals surface area (Å²) in [5.41, 5.74) is 0.529. The maximum Gasteiger partial charge on any atom is 0.122 e. The minimum absolute atomic E-state index is 0.407. The van der Waals surface area contributed by atoms with Crippen LogP contribution in [-0.4, -0.2) is 42.4 Å². The van der Waals surface area contributed by atoms with Crippen LogP contribution < -0.4 is 4.74 Å². The summed E-state index contributed by atoms with van der Waals surface area (Å²) in [5.74, 6) is 1.28.